The fourth-order valence-corrected chi connectivity index (χ4v) is 7.73. The molecule has 1 aromatic carbocycles. The van der Waals surface area contributed by atoms with Gasteiger partial charge in [-0.15, -0.1) is 0 Å². The Bertz CT molecular complexity index is 1210. The molecule has 6 rings (SSSR count). The molecule has 7 nitrogen and oxygen atoms in total. The van der Waals surface area contributed by atoms with Crippen molar-refractivity contribution in [1.82, 2.24) is 14.8 Å². The third-order valence-corrected chi connectivity index (χ3v) is 9.16. The molecule has 1 aromatic heterocycles. The first-order valence-corrected chi connectivity index (χ1v) is 12.5. The van der Waals surface area contributed by atoms with E-state index < -0.39 is 17.1 Å². The van der Waals surface area contributed by atoms with Crippen LogP contribution in [0.5, 0.6) is 11.5 Å². The number of H-pyrrole nitrogens is 1. The van der Waals surface area contributed by atoms with Crippen LogP contribution in [-0.4, -0.2) is 68.2 Å². The lowest BCUT2D eigenvalue weighted by atomic mass is 9.49. The van der Waals surface area contributed by atoms with Crippen LogP contribution in [-0.2, 0) is 18.3 Å². The number of carbonyl (C=O) groups excluding carboxylic acids is 1. The van der Waals surface area contributed by atoms with Crippen molar-refractivity contribution in [3.05, 3.63) is 45.8 Å². The normalized spacial score (nSPS) is 30.9. The number of phenols is 1. The summed E-state index contributed by atoms with van der Waals surface area (Å²) in [6.45, 7) is 11.0. The highest BCUT2D eigenvalue weighted by atomic mass is 16.5. The number of likely N-dealkylation sites (N-methyl/N-ethyl adjacent to an activating group) is 1. The van der Waals surface area contributed by atoms with Crippen molar-refractivity contribution >= 4 is 5.91 Å². The van der Waals surface area contributed by atoms with Gasteiger partial charge in [0, 0.05) is 30.1 Å². The fraction of sp³-hybridized carbons (Fsp3) is 0.593. The van der Waals surface area contributed by atoms with Crippen molar-refractivity contribution in [3.8, 4) is 11.5 Å². The molecule has 0 radical (unpaired) electrons. The number of amides is 1. The Kier molecular flexibility index (Phi) is 4.39. The number of carbonyl (C=O) groups is 1. The highest BCUT2D eigenvalue weighted by molar-refractivity contribution is 5.95. The molecule has 182 valence electrons. The van der Waals surface area contributed by atoms with E-state index >= 15 is 0 Å². The first-order chi connectivity index (χ1) is 16.0. The van der Waals surface area contributed by atoms with Crippen LogP contribution >= 0.6 is 0 Å². The lowest BCUT2D eigenvalue weighted by Crippen LogP contribution is -2.73. The van der Waals surface area contributed by atoms with Crippen LogP contribution in [0.2, 0.25) is 0 Å². The molecular formula is C27H35N3O4. The second kappa shape index (κ2) is 6.79. The second-order valence-electron chi connectivity index (χ2n) is 11.4. The SMILES string of the molecule is Cc1c(C(=O)N(C(C)C)C(C)C)[nH]c2c1CC1(O)C3Cc4ccc(O)c5c4C1(CCN3C)C2O5. The fourth-order valence-electron chi connectivity index (χ4n) is 7.73. The monoisotopic (exact) mass is 465 g/mol. The van der Waals surface area contributed by atoms with E-state index in [0.29, 0.717) is 24.3 Å². The number of likely N-dealkylation sites (tertiary alicyclic amines) is 1. The maximum absolute atomic E-state index is 13.7. The van der Waals surface area contributed by atoms with Crippen LogP contribution in [0.15, 0.2) is 12.1 Å². The Balaban J connectivity index is 1.58. The Morgan fingerprint density at radius 1 is 1.26 bits per heavy atom. The molecule has 1 spiro atoms. The van der Waals surface area contributed by atoms with Gasteiger partial charge >= 0.3 is 0 Å². The van der Waals surface area contributed by atoms with Crippen LogP contribution in [0, 0.1) is 6.92 Å². The zero-order chi connectivity index (χ0) is 24.3. The Hall–Kier alpha value is -2.51. The number of aliphatic hydroxyl groups is 1. The number of ether oxygens (including phenoxy) is 1. The van der Waals surface area contributed by atoms with Crippen LogP contribution in [0.4, 0.5) is 0 Å². The van der Waals surface area contributed by atoms with Crippen molar-refractivity contribution in [2.24, 2.45) is 0 Å². The summed E-state index contributed by atoms with van der Waals surface area (Å²) in [5.74, 6) is 0.598. The first kappa shape index (κ1) is 22.0. The van der Waals surface area contributed by atoms with E-state index in [-0.39, 0.29) is 29.8 Å². The van der Waals surface area contributed by atoms with Crippen LogP contribution in [0.25, 0.3) is 0 Å². The number of benzene rings is 1. The number of aromatic hydroxyl groups is 1. The van der Waals surface area contributed by atoms with Crippen LogP contribution in [0.1, 0.15) is 78.7 Å². The predicted molar refractivity (Wildman–Crippen MR) is 129 cm³/mol. The van der Waals surface area contributed by atoms with Gasteiger partial charge in [-0.3, -0.25) is 4.79 Å². The molecule has 4 atom stereocenters. The minimum atomic E-state index is -1.05. The van der Waals surface area contributed by atoms with Crippen LogP contribution < -0.4 is 4.74 Å². The Morgan fingerprint density at radius 3 is 2.65 bits per heavy atom. The largest absolute Gasteiger partial charge is 0.504 e. The number of rotatable bonds is 3. The topological polar surface area (TPSA) is 89.0 Å². The summed E-state index contributed by atoms with van der Waals surface area (Å²) in [6, 6.07) is 3.77. The summed E-state index contributed by atoms with van der Waals surface area (Å²) in [7, 11) is 2.09. The van der Waals surface area contributed by atoms with Crippen molar-refractivity contribution in [2.45, 2.75) is 89.1 Å². The third-order valence-electron chi connectivity index (χ3n) is 9.16. The molecule has 0 saturated carbocycles. The van der Waals surface area contributed by atoms with Crippen molar-refractivity contribution in [1.29, 1.82) is 0 Å². The average Bonchev–Trinajstić information content (AvgIpc) is 3.27. The summed E-state index contributed by atoms with van der Waals surface area (Å²) in [6.07, 6.45) is 1.44. The zero-order valence-corrected chi connectivity index (χ0v) is 20.9. The average molecular weight is 466 g/mol. The molecule has 2 bridgehead atoms. The molecule has 1 fully saturated rings. The quantitative estimate of drug-likeness (QED) is 0.648. The number of phenolic OH excluding ortho intramolecular Hbond substituents is 1. The molecule has 3 heterocycles. The number of hydrogen-bond acceptors (Lipinski definition) is 5. The van der Waals surface area contributed by atoms with Gasteiger partial charge in [-0.2, -0.15) is 0 Å². The zero-order valence-electron chi connectivity index (χ0n) is 20.9. The lowest BCUT2D eigenvalue weighted by Gasteiger charge is -2.62. The maximum atomic E-state index is 13.7. The minimum Gasteiger partial charge on any atom is -0.504 e. The van der Waals surface area contributed by atoms with E-state index in [1.54, 1.807) is 6.07 Å². The smallest absolute Gasteiger partial charge is 0.271 e. The summed E-state index contributed by atoms with van der Waals surface area (Å²) in [4.78, 5) is 21.3. The molecule has 34 heavy (non-hydrogen) atoms. The molecule has 1 saturated heterocycles. The van der Waals surface area contributed by atoms with Gasteiger partial charge in [-0.05, 0) is 83.8 Å². The molecule has 7 heteroatoms. The number of aromatic nitrogens is 1. The van der Waals surface area contributed by atoms with Crippen molar-refractivity contribution in [3.63, 3.8) is 0 Å². The van der Waals surface area contributed by atoms with Crippen LogP contribution in [0.3, 0.4) is 0 Å². The molecule has 2 aliphatic carbocycles. The minimum absolute atomic E-state index is 0.0245. The van der Waals surface area contributed by atoms with Gasteiger partial charge in [0.25, 0.3) is 5.91 Å². The summed E-state index contributed by atoms with van der Waals surface area (Å²) >= 11 is 0. The molecular weight excluding hydrogens is 430 g/mol. The summed E-state index contributed by atoms with van der Waals surface area (Å²) in [5, 5.41) is 23.3. The first-order valence-electron chi connectivity index (χ1n) is 12.5. The summed E-state index contributed by atoms with van der Waals surface area (Å²) < 4.78 is 6.56. The lowest BCUT2D eigenvalue weighted by molar-refractivity contribution is -0.167. The van der Waals surface area contributed by atoms with Gasteiger partial charge in [0.2, 0.25) is 0 Å². The molecule has 1 amide bonds. The van der Waals surface area contributed by atoms with Gasteiger partial charge in [0.15, 0.2) is 17.6 Å². The van der Waals surface area contributed by atoms with Gasteiger partial charge in [0.05, 0.1) is 16.7 Å². The standard InChI is InChI=1S/C27H35N3O4/c1-13(2)30(14(3)4)25(32)21-15(5)17-12-27(33)19-11-16-7-8-18(31)23-20(16)26(27,9-10-29(19)6)24(34-23)22(17)28-21/h7-8,13-14,19,24,28,31,33H,9-12H2,1-6H3. The molecule has 3 N–H and O–H groups in total. The highest BCUT2D eigenvalue weighted by Gasteiger charge is 2.72. The van der Waals surface area contributed by atoms with Gasteiger partial charge in [-0.1, -0.05) is 6.07 Å². The van der Waals surface area contributed by atoms with E-state index in [0.717, 1.165) is 40.9 Å². The number of nitrogens with one attached hydrogen (secondary N) is 1. The van der Waals surface area contributed by atoms with E-state index in [2.05, 4.69) is 16.9 Å². The number of piperidine rings is 1. The van der Waals surface area contributed by atoms with Gasteiger partial charge in [0.1, 0.15) is 5.69 Å². The Labute approximate surface area is 200 Å². The molecule has 2 aliphatic heterocycles. The summed E-state index contributed by atoms with van der Waals surface area (Å²) in [5.41, 5.74) is 3.76. The van der Waals surface area contributed by atoms with E-state index in [9.17, 15) is 15.0 Å². The molecule has 4 aliphatic rings. The van der Waals surface area contributed by atoms with E-state index in [1.165, 1.54) is 0 Å². The maximum Gasteiger partial charge on any atom is 0.271 e. The van der Waals surface area contributed by atoms with E-state index in [1.807, 2.05) is 45.6 Å². The number of fused-ring (bicyclic) bond motifs is 2. The number of nitrogens with zero attached hydrogens (tertiary/aromatic N) is 2. The number of hydrogen-bond donors (Lipinski definition) is 3. The molecule has 4 unspecified atom stereocenters. The number of aromatic amines is 1. The second-order valence-corrected chi connectivity index (χ2v) is 11.4. The van der Waals surface area contributed by atoms with Gasteiger partial charge in [-0.25, -0.2) is 0 Å². The van der Waals surface area contributed by atoms with Crippen molar-refractivity contribution in [2.75, 3.05) is 13.6 Å². The highest BCUT2D eigenvalue weighted by Crippen LogP contribution is 2.68. The predicted octanol–water partition coefficient (Wildman–Crippen LogP) is 3.21. The third kappa shape index (κ3) is 2.37. The molecule has 2 aromatic rings. The van der Waals surface area contributed by atoms with Crippen molar-refractivity contribution < 1.29 is 19.7 Å². The Morgan fingerprint density at radius 2 is 1.97 bits per heavy atom. The van der Waals surface area contributed by atoms with Gasteiger partial charge < -0.3 is 29.7 Å². The van der Waals surface area contributed by atoms with E-state index in [4.69, 9.17) is 4.74 Å².